The van der Waals surface area contributed by atoms with Gasteiger partial charge in [-0.15, -0.1) is 0 Å². The van der Waals surface area contributed by atoms with Crippen LogP contribution in [0.5, 0.6) is 5.75 Å². The lowest BCUT2D eigenvalue weighted by atomic mass is 10.1. The van der Waals surface area contributed by atoms with E-state index in [0.717, 1.165) is 30.5 Å². The minimum absolute atomic E-state index is 0.0139. The third-order valence-electron chi connectivity index (χ3n) is 4.65. The van der Waals surface area contributed by atoms with E-state index in [1.54, 1.807) is 11.0 Å². The van der Waals surface area contributed by atoms with Gasteiger partial charge in [0.1, 0.15) is 11.4 Å². The maximum absolute atomic E-state index is 14.3. The minimum Gasteiger partial charge on any atom is -0.480 e. The van der Waals surface area contributed by atoms with Crippen LogP contribution in [0, 0.1) is 11.6 Å². The number of nitrogens with zero attached hydrogens (tertiary/aromatic N) is 1. The van der Waals surface area contributed by atoms with E-state index in [4.69, 9.17) is 4.74 Å². The molecule has 1 saturated heterocycles. The fourth-order valence-electron chi connectivity index (χ4n) is 3.43. The fraction of sp³-hybridized carbons (Fsp3) is 0.316. The lowest BCUT2D eigenvalue weighted by Crippen LogP contribution is -2.31. The number of hydrogen-bond acceptors (Lipinski definition) is 3. The van der Waals surface area contributed by atoms with Crippen molar-refractivity contribution in [1.29, 1.82) is 0 Å². The van der Waals surface area contributed by atoms with E-state index in [0.29, 0.717) is 25.3 Å². The van der Waals surface area contributed by atoms with Gasteiger partial charge in [-0.05, 0) is 36.6 Å². The molecule has 2 aromatic carbocycles. The number of halogens is 2. The molecule has 2 aliphatic rings. The van der Waals surface area contributed by atoms with Gasteiger partial charge in [-0.1, -0.05) is 18.2 Å². The van der Waals surface area contributed by atoms with E-state index in [1.165, 1.54) is 0 Å². The molecular formula is C19H18F2N2O2. The van der Waals surface area contributed by atoms with E-state index in [1.807, 2.05) is 18.2 Å². The summed E-state index contributed by atoms with van der Waals surface area (Å²) < 4.78 is 34.3. The Morgan fingerprint density at radius 1 is 1.12 bits per heavy atom. The normalized spacial score (nSPS) is 18.8. The lowest BCUT2D eigenvalue weighted by molar-refractivity contribution is -0.122. The predicted molar refractivity (Wildman–Crippen MR) is 91.0 cm³/mol. The average molecular weight is 344 g/mol. The van der Waals surface area contributed by atoms with Crippen LogP contribution in [0.1, 0.15) is 18.4 Å². The zero-order valence-corrected chi connectivity index (χ0v) is 13.6. The van der Waals surface area contributed by atoms with Gasteiger partial charge < -0.3 is 15.0 Å². The number of anilines is 2. The number of fused-ring (bicyclic) bond motifs is 1. The lowest BCUT2D eigenvalue weighted by Gasteiger charge is -2.20. The summed E-state index contributed by atoms with van der Waals surface area (Å²) in [5, 5.41) is 2.56. The van der Waals surface area contributed by atoms with Crippen molar-refractivity contribution in [2.45, 2.75) is 25.4 Å². The summed E-state index contributed by atoms with van der Waals surface area (Å²) in [6.07, 6.45) is 1.61. The van der Waals surface area contributed by atoms with E-state index in [9.17, 15) is 13.6 Å². The van der Waals surface area contributed by atoms with Crippen molar-refractivity contribution < 1.29 is 18.3 Å². The number of para-hydroxylation sites is 1. The summed E-state index contributed by atoms with van der Waals surface area (Å²) in [4.78, 5) is 14.1. The summed E-state index contributed by atoms with van der Waals surface area (Å²) in [5.41, 5.74) is 1.03. The SMILES string of the molecule is O=C(Nc1cc(F)c(N2CCCC2)c(F)c1)[C@H]1Cc2ccccc2O1. The highest BCUT2D eigenvalue weighted by molar-refractivity contribution is 5.95. The van der Waals surface area contributed by atoms with Crippen LogP contribution in [-0.4, -0.2) is 25.1 Å². The predicted octanol–water partition coefficient (Wildman–Crippen LogP) is 3.51. The Morgan fingerprint density at radius 3 is 2.48 bits per heavy atom. The van der Waals surface area contributed by atoms with Crippen LogP contribution in [0.25, 0.3) is 0 Å². The number of rotatable bonds is 3. The average Bonchev–Trinajstić information content (AvgIpc) is 3.23. The molecule has 2 aromatic rings. The molecule has 4 nitrogen and oxygen atoms in total. The van der Waals surface area contributed by atoms with Crippen molar-refractivity contribution in [3.05, 3.63) is 53.6 Å². The van der Waals surface area contributed by atoms with Crippen molar-refractivity contribution in [3.63, 3.8) is 0 Å². The Balaban J connectivity index is 1.49. The molecule has 130 valence electrons. The van der Waals surface area contributed by atoms with Gasteiger partial charge in [0, 0.05) is 25.2 Å². The molecule has 25 heavy (non-hydrogen) atoms. The van der Waals surface area contributed by atoms with Crippen molar-refractivity contribution in [1.82, 2.24) is 0 Å². The van der Waals surface area contributed by atoms with Gasteiger partial charge >= 0.3 is 0 Å². The second-order valence-electron chi connectivity index (χ2n) is 6.39. The molecule has 0 saturated carbocycles. The number of ether oxygens (including phenoxy) is 1. The highest BCUT2D eigenvalue weighted by Crippen LogP contribution is 2.31. The molecule has 6 heteroatoms. The van der Waals surface area contributed by atoms with Crippen LogP contribution in [0.15, 0.2) is 36.4 Å². The molecular weight excluding hydrogens is 326 g/mol. The molecule has 2 heterocycles. The van der Waals surface area contributed by atoms with Gasteiger partial charge in [-0.25, -0.2) is 8.78 Å². The molecule has 0 aromatic heterocycles. The Labute approximate surface area is 144 Å². The van der Waals surface area contributed by atoms with Crippen LogP contribution in [0.4, 0.5) is 20.2 Å². The Bertz CT molecular complexity index is 771. The van der Waals surface area contributed by atoms with Crippen LogP contribution in [-0.2, 0) is 11.2 Å². The Kier molecular flexibility index (Phi) is 4.03. The van der Waals surface area contributed by atoms with Crippen LogP contribution in [0.2, 0.25) is 0 Å². The van der Waals surface area contributed by atoms with Gasteiger partial charge in [-0.2, -0.15) is 0 Å². The zero-order chi connectivity index (χ0) is 17.4. The zero-order valence-electron chi connectivity index (χ0n) is 13.6. The molecule has 2 aliphatic heterocycles. The van der Waals surface area contributed by atoms with Crippen LogP contribution >= 0.6 is 0 Å². The van der Waals surface area contributed by atoms with Crippen molar-refractivity contribution in [2.75, 3.05) is 23.3 Å². The summed E-state index contributed by atoms with van der Waals surface area (Å²) in [7, 11) is 0. The largest absolute Gasteiger partial charge is 0.480 e. The molecule has 4 rings (SSSR count). The summed E-state index contributed by atoms with van der Waals surface area (Å²) in [5.74, 6) is -1.06. The summed E-state index contributed by atoms with van der Waals surface area (Å²) in [6, 6.07) is 9.73. The van der Waals surface area contributed by atoms with Crippen molar-refractivity contribution in [3.8, 4) is 5.75 Å². The van der Waals surface area contributed by atoms with E-state index in [2.05, 4.69) is 5.32 Å². The van der Waals surface area contributed by atoms with E-state index in [-0.39, 0.29) is 11.4 Å². The first-order valence-electron chi connectivity index (χ1n) is 8.41. The molecule has 0 radical (unpaired) electrons. The molecule has 0 aliphatic carbocycles. The van der Waals surface area contributed by atoms with Crippen LogP contribution in [0.3, 0.4) is 0 Å². The highest BCUT2D eigenvalue weighted by atomic mass is 19.1. The molecule has 0 spiro atoms. The van der Waals surface area contributed by atoms with Crippen LogP contribution < -0.4 is 15.0 Å². The second-order valence-corrected chi connectivity index (χ2v) is 6.39. The molecule has 0 bridgehead atoms. The molecule has 1 atom stereocenters. The number of amides is 1. The number of nitrogens with one attached hydrogen (secondary N) is 1. The third-order valence-corrected chi connectivity index (χ3v) is 4.65. The Hall–Kier alpha value is -2.63. The summed E-state index contributed by atoms with van der Waals surface area (Å²) in [6.45, 7) is 1.29. The van der Waals surface area contributed by atoms with Gasteiger partial charge in [0.15, 0.2) is 17.7 Å². The maximum atomic E-state index is 14.3. The number of carbonyl (C=O) groups is 1. The number of hydrogen-bond donors (Lipinski definition) is 1. The quantitative estimate of drug-likeness (QED) is 0.926. The molecule has 1 fully saturated rings. The number of benzene rings is 2. The topological polar surface area (TPSA) is 41.6 Å². The first kappa shape index (κ1) is 15.9. The van der Waals surface area contributed by atoms with E-state index < -0.39 is 23.6 Å². The first-order chi connectivity index (χ1) is 12.1. The standard InChI is InChI=1S/C19H18F2N2O2/c20-14-10-13(11-15(21)18(14)23-7-3-4-8-23)22-19(24)17-9-12-5-1-2-6-16(12)25-17/h1-2,5-6,10-11,17H,3-4,7-9H2,(H,22,24)/t17-/m1/s1. The molecule has 0 unspecified atom stereocenters. The van der Waals surface area contributed by atoms with Gasteiger partial charge in [0.2, 0.25) is 0 Å². The monoisotopic (exact) mass is 344 g/mol. The smallest absolute Gasteiger partial charge is 0.265 e. The van der Waals surface area contributed by atoms with Gasteiger partial charge in [0.25, 0.3) is 5.91 Å². The highest BCUT2D eigenvalue weighted by Gasteiger charge is 2.29. The second kappa shape index (κ2) is 6.35. The maximum Gasteiger partial charge on any atom is 0.265 e. The molecule has 1 amide bonds. The third kappa shape index (κ3) is 3.04. The van der Waals surface area contributed by atoms with Gasteiger partial charge in [0.05, 0.1) is 0 Å². The van der Waals surface area contributed by atoms with Crippen molar-refractivity contribution >= 4 is 17.3 Å². The number of carbonyl (C=O) groups excluding carboxylic acids is 1. The summed E-state index contributed by atoms with van der Waals surface area (Å²) >= 11 is 0. The Morgan fingerprint density at radius 2 is 1.80 bits per heavy atom. The van der Waals surface area contributed by atoms with Crippen molar-refractivity contribution in [2.24, 2.45) is 0 Å². The molecule has 1 N–H and O–H groups in total. The fourth-order valence-corrected chi connectivity index (χ4v) is 3.43. The first-order valence-corrected chi connectivity index (χ1v) is 8.41. The van der Waals surface area contributed by atoms with E-state index >= 15 is 0 Å². The minimum atomic E-state index is -0.693. The van der Waals surface area contributed by atoms with Gasteiger partial charge in [-0.3, -0.25) is 4.79 Å².